The minimum Gasteiger partial charge on any atom is -0.454 e. The number of benzene rings is 1. The number of nitrogens with one attached hydrogen (secondary N) is 1. The summed E-state index contributed by atoms with van der Waals surface area (Å²) in [5.74, 6) is 1.71. The van der Waals surface area contributed by atoms with E-state index < -0.39 is 0 Å². The van der Waals surface area contributed by atoms with Gasteiger partial charge in [-0.15, -0.1) is 0 Å². The fraction of sp³-hybridized carbons (Fsp3) is 0.462. The molecule has 0 aliphatic carbocycles. The van der Waals surface area contributed by atoms with Crippen molar-refractivity contribution in [3.05, 3.63) is 23.8 Å². The predicted octanol–water partition coefficient (Wildman–Crippen LogP) is 1.60. The largest absolute Gasteiger partial charge is 0.454 e. The van der Waals surface area contributed by atoms with Crippen molar-refractivity contribution in [1.29, 1.82) is 0 Å². The normalized spacial score (nSPS) is 22.5. The molecule has 90 valence electrons. The highest BCUT2D eigenvalue weighted by atomic mass is 16.7. The summed E-state index contributed by atoms with van der Waals surface area (Å²) in [6, 6.07) is 5.43. The first-order valence-corrected chi connectivity index (χ1v) is 5.99. The summed E-state index contributed by atoms with van der Waals surface area (Å²) < 4.78 is 10.5. The minimum atomic E-state index is 0.101. The molecule has 2 aliphatic heterocycles. The van der Waals surface area contributed by atoms with Crippen molar-refractivity contribution < 1.29 is 14.3 Å². The highest BCUT2D eigenvalue weighted by Gasteiger charge is 2.24. The zero-order chi connectivity index (χ0) is 11.7. The number of ether oxygens (including phenoxy) is 2. The summed E-state index contributed by atoms with van der Waals surface area (Å²) in [5, 5.41) is 3.26. The van der Waals surface area contributed by atoms with Crippen LogP contribution >= 0.6 is 0 Å². The third-order valence-electron chi connectivity index (χ3n) is 3.32. The summed E-state index contributed by atoms with van der Waals surface area (Å²) in [7, 11) is 0. The Labute approximate surface area is 99.9 Å². The van der Waals surface area contributed by atoms with E-state index in [4.69, 9.17) is 9.47 Å². The van der Waals surface area contributed by atoms with Gasteiger partial charge in [-0.3, -0.25) is 4.79 Å². The van der Waals surface area contributed by atoms with E-state index in [-0.39, 0.29) is 18.5 Å². The maximum atomic E-state index is 12.3. The smallest absolute Gasteiger partial charge is 0.231 e. The fourth-order valence-corrected chi connectivity index (χ4v) is 2.36. The first-order chi connectivity index (χ1) is 8.34. The van der Waals surface area contributed by atoms with Crippen LogP contribution in [-0.2, 0) is 0 Å². The maximum absolute atomic E-state index is 12.3. The number of piperidine rings is 1. The number of hydrogen-bond donors (Lipinski definition) is 1. The molecule has 3 rings (SSSR count). The van der Waals surface area contributed by atoms with Gasteiger partial charge in [-0.25, -0.2) is 0 Å². The molecule has 0 bridgehead atoms. The number of fused-ring (bicyclic) bond motifs is 1. The van der Waals surface area contributed by atoms with Gasteiger partial charge in [0.2, 0.25) is 6.79 Å². The van der Waals surface area contributed by atoms with Crippen molar-refractivity contribution in [2.45, 2.75) is 12.8 Å². The summed E-state index contributed by atoms with van der Waals surface area (Å²) in [6.07, 6.45) is 2.04. The molecule has 0 spiro atoms. The molecule has 1 saturated heterocycles. The average molecular weight is 233 g/mol. The summed E-state index contributed by atoms with van der Waals surface area (Å²) in [4.78, 5) is 12.3. The molecule has 0 unspecified atom stereocenters. The zero-order valence-electron chi connectivity index (χ0n) is 9.57. The van der Waals surface area contributed by atoms with E-state index in [0.717, 1.165) is 37.2 Å². The molecule has 0 amide bonds. The summed E-state index contributed by atoms with van der Waals surface area (Å²) in [5.41, 5.74) is 0.725. The summed E-state index contributed by atoms with van der Waals surface area (Å²) in [6.45, 7) is 2.05. The van der Waals surface area contributed by atoms with Gasteiger partial charge in [-0.05, 0) is 37.6 Å². The molecule has 4 nitrogen and oxygen atoms in total. The number of hydrogen-bond acceptors (Lipinski definition) is 4. The summed E-state index contributed by atoms with van der Waals surface area (Å²) >= 11 is 0. The van der Waals surface area contributed by atoms with Gasteiger partial charge >= 0.3 is 0 Å². The molecule has 2 heterocycles. The van der Waals surface area contributed by atoms with Gasteiger partial charge in [0, 0.05) is 18.0 Å². The van der Waals surface area contributed by atoms with Crippen molar-refractivity contribution in [3.63, 3.8) is 0 Å². The Morgan fingerprint density at radius 3 is 3.00 bits per heavy atom. The molecule has 1 N–H and O–H groups in total. The lowest BCUT2D eigenvalue weighted by Gasteiger charge is -2.21. The van der Waals surface area contributed by atoms with E-state index in [0.29, 0.717) is 5.75 Å². The molecule has 1 aromatic rings. The maximum Gasteiger partial charge on any atom is 0.231 e. The predicted molar refractivity (Wildman–Crippen MR) is 62.5 cm³/mol. The minimum absolute atomic E-state index is 0.101. The number of ketones is 1. The lowest BCUT2D eigenvalue weighted by Crippen LogP contribution is -2.34. The van der Waals surface area contributed by atoms with Gasteiger partial charge in [-0.1, -0.05) is 0 Å². The van der Waals surface area contributed by atoms with Crippen LogP contribution < -0.4 is 14.8 Å². The molecular weight excluding hydrogens is 218 g/mol. The molecular formula is C13H15NO3. The second-order valence-corrected chi connectivity index (χ2v) is 4.48. The standard InChI is InChI=1S/C13H15NO3/c15-13(10-2-1-5-14-7-10)9-3-4-11-12(6-9)17-8-16-11/h3-4,6,10,14H,1-2,5,7-8H2/t10-/m1/s1. The SMILES string of the molecule is O=C(c1ccc2c(c1)OCO2)[C@@H]1CCCNC1. The van der Waals surface area contributed by atoms with Crippen LogP contribution in [0.4, 0.5) is 0 Å². The van der Waals surface area contributed by atoms with Crippen LogP contribution in [-0.4, -0.2) is 25.7 Å². The van der Waals surface area contributed by atoms with E-state index in [2.05, 4.69) is 5.32 Å². The third kappa shape index (κ3) is 2.00. The van der Waals surface area contributed by atoms with Crippen LogP contribution in [0.2, 0.25) is 0 Å². The molecule has 0 saturated carbocycles. The van der Waals surface area contributed by atoms with Crippen LogP contribution in [0.3, 0.4) is 0 Å². The highest BCUT2D eigenvalue weighted by molar-refractivity contribution is 5.98. The van der Waals surface area contributed by atoms with Crippen LogP contribution in [0.5, 0.6) is 11.5 Å². The van der Waals surface area contributed by atoms with Crippen molar-refractivity contribution in [1.82, 2.24) is 5.32 Å². The van der Waals surface area contributed by atoms with E-state index in [1.54, 1.807) is 6.07 Å². The van der Waals surface area contributed by atoms with Gasteiger partial charge in [-0.2, -0.15) is 0 Å². The van der Waals surface area contributed by atoms with Crippen LogP contribution in [0.15, 0.2) is 18.2 Å². The quantitative estimate of drug-likeness (QED) is 0.788. The Morgan fingerprint density at radius 1 is 1.29 bits per heavy atom. The topological polar surface area (TPSA) is 47.6 Å². The van der Waals surface area contributed by atoms with Crippen molar-refractivity contribution in [2.75, 3.05) is 19.9 Å². The fourth-order valence-electron chi connectivity index (χ4n) is 2.36. The van der Waals surface area contributed by atoms with E-state index in [1.807, 2.05) is 12.1 Å². The average Bonchev–Trinajstić information content (AvgIpc) is 2.86. The molecule has 1 atom stereocenters. The van der Waals surface area contributed by atoms with Crippen LogP contribution in [0.25, 0.3) is 0 Å². The Hall–Kier alpha value is -1.55. The number of carbonyl (C=O) groups excluding carboxylic acids is 1. The number of carbonyl (C=O) groups is 1. The first kappa shape index (κ1) is 10.6. The Bertz CT molecular complexity index is 438. The van der Waals surface area contributed by atoms with E-state index >= 15 is 0 Å². The second kappa shape index (κ2) is 4.37. The molecule has 0 aromatic heterocycles. The van der Waals surface area contributed by atoms with Gasteiger partial charge in [0.05, 0.1) is 0 Å². The third-order valence-corrected chi connectivity index (χ3v) is 3.32. The zero-order valence-corrected chi connectivity index (χ0v) is 9.57. The lowest BCUT2D eigenvalue weighted by molar-refractivity contribution is 0.0899. The van der Waals surface area contributed by atoms with Crippen LogP contribution in [0.1, 0.15) is 23.2 Å². The molecule has 17 heavy (non-hydrogen) atoms. The van der Waals surface area contributed by atoms with Gasteiger partial charge in [0.25, 0.3) is 0 Å². The number of Topliss-reactive ketones (excluding diaryl/α,β-unsaturated/α-hetero) is 1. The molecule has 2 aliphatic rings. The Kier molecular flexibility index (Phi) is 2.73. The number of rotatable bonds is 2. The lowest BCUT2D eigenvalue weighted by atomic mass is 9.91. The van der Waals surface area contributed by atoms with E-state index in [1.165, 1.54) is 0 Å². The van der Waals surface area contributed by atoms with Crippen molar-refractivity contribution in [3.8, 4) is 11.5 Å². The Balaban J connectivity index is 1.81. The van der Waals surface area contributed by atoms with Crippen molar-refractivity contribution >= 4 is 5.78 Å². The van der Waals surface area contributed by atoms with Gasteiger partial charge in [0.1, 0.15) is 0 Å². The Morgan fingerprint density at radius 2 is 2.18 bits per heavy atom. The van der Waals surface area contributed by atoms with Gasteiger partial charge in [0.15, 0.2) is 17.3 Å². The molecule has 1 aromatic carbocycles. The highest BCUT2D eigenvalue weighted by Crippen LogP contribution is 2.33. The van der Waals surface area contributed by atoms with E-state index in [9.17, 15) is 4.79 Å². The monoisotopic (exact) mass is 233 g/mol. The van der Waals surface area contributed by atoms with Gasteiger partial charge < -0.3 is 14.8 Å². The van der Waals surface area contributed by atoms with Crippen LogP contribution in [0, 0.1) is 5.92 Å². The molecule has 1 fully saturated rings. The van der Waals surface area contributed by atoms with Crippen molar-refractivity contribution in [2.24, 2.45) is 5.92 Å². The molecule has 0 radical (unpaired) electrons. The first-order valence-electron chi connectivity index (χ1n) is 5.99. The second-order valence-electron chi connectivity index (χ2n) is 4.48. The molecule has 4 heteroatoms.